The van der Waals surface area contributed by atoms with E-state index in [-0.39, 0.29) is 6.04 Å². The minimum atomic E-state index is -0.892. The van der Waals surface area contributed by atoms with E-state index >= 15 is 0 Å². The molecule has 0 saturated heterocycles. The van der Waals surface area contributed by atoms with Gasteiger partial charge in [-0.3, -0.25) is 4.98 Å². The number of nitrogens with zero attached hydrogens (tertiary/aromatic N) is 1. The van der Waals surface area contributed by atoms with Crippen LogP contribution in [0.25, 0.3) is 0 Å². The molecule has 0 bridgehead atoms. The zero-order valence-corrected chi connectivity index (χ0v) is 13.0. The standard InChI is InChI=1S/C18H24N2O/c1-14(2)17(15-8-7-11-19-12-15)20-13-18(3,21)16-9-5-4-6-10-16/h4-12,14,17,20-21H,13H2,1-3H3. The van der Waals surface area contributed by atoms with Gasteiger partial charge in [-0.1, -0.05) is 50.2 Å². The van der Waals surface area contributed by atoms with Crippen molar-refractivity contribution in [2.24, 2.45) is 5.92 Å². The van der Waals surface area contributed by atoms with Crippen molar-refractivity contribution in [3.05, 3.63) is 66.0 Å². The second kappa shape index (κ2) is 6.83. The smallest absolute Gasteiger partial charge is 0.0992 e. The van der Waals surface area contributed by atoms with E-state index in [1.54, 1.807) is 6.20 Å². The third-order valence-corrected chi connectivity index (χ3v) is 3.77. The Labute approximate surface area is 127 Å². The summed E-state index contributed by atoms with van der Waals surface area (Å²) < 4.78 is 0. The van der Waals surface area contributed by atoms with E-state index in [4.69, 9.17) is 0 Å². The Kier molecular flexibility index (Phi) is 5.10. The van der Waals surface area contributed by atoms with Gasteiger partial charge in [0.25, 0.3) is 0 Å². The van der Waals surface area contributed by atoms with E-state index in [0.717, 1.165) is 11.1 Å². The molecular weight excluding hydrogens is 260 g/mol. The van der Waals surface area contributed by atoms with Gasteiger partial charge in [0.05, 0.1) is 5.60 Å². The van der Waals surface area contributed by atoms with Crippen LogP contribution in [0.15, 0.2) is 54.9 Å². The number of hydrogen-bond acceptors (Lipinski definition) is 3. The number of nitrogens with one attached hydrogen (secondary N) is 1. The number of hydrogen-bond donors (Lipinski definition) is 2. The molecule has 0 spiro atoms. The van der Waals surface area contributed by atoms with Crippen LogP contribution in [0.3, 0.4) is 0 Å². The molecule has 1 aromatic carbocycles. The lowest BCUT2D eigenvalue weighted by molar-refractivity contribution is 0.0518. The van der Waals surface area contributed by atoms with E-state index in [0.29, 0.717) is 12.5 Å². The van der Waals surface area contributed by atoms with Crippen molar-refractivity contribution in [3.63, 3.8) is 0 Å². The summed E-state index contributed by atoms with van der Waals surface area (Å²) in [4.78, 5) is 4.19. The maximum absolute atomic E-state index is 10.7. The lowest BCUT2D eigenvalue weighted by Crippen LogP contribution is -2.38. The molecule has 1 aromatic heterocycles. The van der Waals surface area contributed by atoms with Gasteiger partial charge in [0, 0.05) is 25.0 Å². The average Bonchev–Trinajstić information content (AvgIpc) is 2.49. The highest BCUT2D eigenvalue weighted by atomic mass is 16.3. The van der Waals surface area contributed by atoms with Crippen LogP contribution in [-0.2, 0) is 5.60 Å². The number of pyridine rings is 1. The molecule has 2 N–H and O–H groups in total. The molecule has 0 radical (unpaired) electrons. The minimum absolute atomic E-state index is 0.175. The molecule has 2 atom stereocenters. The molecule has 112 valence electrons. The SMILES string of the molecule is CC(C)C(NCC(C)(O)c1ccccc1)c1cccnc1. The van der Waals surface area contributed by atoms with Crippen LogP contribution in [-0.4, -0.2) is 16.6 Å². The van der Waals surface area contributed by atoms with Crippen LogP contribution in [0.5, 0.6) is 0 Å². The van der Waals surface area contributed by atoms with Crippen molar-refractivity contribution in [3.8, 4) is 0 Å². The van der Waals surface area contributed by atoms with Gasteiger partial charge in [-0.2, -0.15) is 0 Å². The maximum atomic E-state index is 10.7. The predicted molar refractivity (Wildman–Crippen MR) is 85.8 cm³/mol. The van der Waals surface area contributed by atoms with Gasteiger partial charge < -0.3 is 10.4 Å². The fourth-order valence-corrected chi connectivity index (χ4v) is 2.51. The Hall–Kier alpha value is -1.71. The van der Waals surface area contributed by atoms with Crippen LogP contribution in [0, 0.1) is 5.92 Å². The Balaban J connectivity index is 2.09. The maximum Gasteiger partial charge on any atom is 0.0992 e. The molecule has 0 amide bonds. The third-order valence-electron chi connectivity index (χ3n) is 3.77. The van der Waals surface area contributed by atoms with Crippen molar-refractivity contribution in [2.75, 3.05) is 6.54 Å². The summed E-state index contributed by atoms with van der Waals surface area (Å²) >= 11 is 0. The highest BCUT2D eigenvalue weighted by Gasteiger charge is 2.25. The molecule has 0 saturated carbocycles. The van der Waals surface area contributed by atoms with Crippen LogP contribution >= 0.6 is 0 Å². The monoisotopic (exact) mass is 284 g/mol. The van der Waals surface area contributed by atoms with Gasteiger partial charge in [-0.15, -0.1) is 0 Å². The first-order valence-electron chi connectivity index (χ1n) is 7.42. The number of benzene rings is 1. The zero-order chi connectivity index (χ0) is 15.3. The summed E-state index contributed by atoms with van der Waals surface area (Å²) in [7, 11) is 0. The number of rotatable bonds is 6. The lowest BCUT2D eigenvalue weighted by atomic mass is 9.93. The molecule has 0 fully saturated rings. The van der Waals surface area contributed by atoms with E-state index in [1.807, 2.05) is 49.5 Å². The molecule has 21 heavy (non-hydrogen) atoms. The van der Waals surface area contributed by atoms with Gasteiger partial charge in [0.2, 0.25) is 0 Å². The second-order valence-corrected chi connectivity index (χ2v) is 6.03. The summed E-state index contributed by atoms with van der Waals surface area (Å²) in [6, 6.07) is 14.0. The van der Waals surface area contributed by atoms with E-state index in [2.05, 4.69) is 30.2 Å². The molecule has 2 unspecified atom stereocenters. The highest BCUT2D eigenvalue weighted by molar-refractivity contribution is 5.22. The molecule has 2 aromatic rings. The molecule has 0 aliphatic heterocycles. The van der Waals surface area contributed by atoms with Crippen LogP contribution < -0.4 is 5.32 Å². The predicted octanol–water partition coefficient (Wildman–Crippen LogP) is 3.28. The summed E-state index contributed by atoms with van der Waals surface area (Å²) in [5, 5.41) is 14.2. The Morgan fingerprint density at radius 2 is 1.86 bits per heavy atom. The van der Waals surface area contributed by atoms with Gasteiger partial charge in [0.1, 0.15) is 0 Å². The molecule has 3 nitrogen and oxygen atoms in total. The molecule has 3 heteroatoms. The average molecular weight is 284 g/mol. The summed E-state index contributed by atoms with van der Waals surface area (Å²) in [5.41, 5.74) is 1.18. The molecular formula is C18H24N2O. The first-order chi connectivity index (χ1) is 10.0. The molecule has 0 aliphatic rings. The van der Waals surface area contributed by atoms with Crippen molar-refractivity contribution in [2.45, 2.75) is 32.4 Å². The summed E-state index contributed by atoms with van der Waals surface area (Å²) in [6.07, 6.45) is 3.66. The first-order valence-corrected chi connectivity index (χ1v) is 7.42. The fourth-order valence-electron chi connectivity index (χ4n) is 2.51. The Morgan fingerprint density at radius 3 is 2.43 bits per heavy atom. The quantitative estimate of drug-likeness (QED) is 0.855. The minimum Gasteiger partial charge on any atom is -0.384 e. The number of aliphatic hydroxyl groups is 1. The van der Waals surface area contributed by atoms with Gasteiger partial charge >= 0.3 is 0 Å². The van der Waals surface area contributed by atoms with Gasteiger partial charge in [-0.05, 0) is 30.0 Å². The topological polar surface area (TPSA) is 45.1 Å². The number of aromatic nitrogens is 1. The normalized spacial score (nSPS) is 15.7. The first kappa shape index (κ1) is 15.7. The molecule has 2 rings (SSSR count). The van der Waals surface area contributed by atoms with Crippen molar-refractivity contribution < 1.29 is 5.11 Å². The van der Waals surface area contributed by atoms with Crippen LogP contribution in [0.2, 0.25) is 0 Å². The van der Waals surface area contributed by atoms with E-state index in [9.17, 15) is 5.11 Å². The molecule has 1 heterocycles. The van der Waals surface area contributed by atoms with Gasteiger partial charge in [0.15, 0.2) is 0 Å². The second-order valence-electron chi connectivity index (χ2n) is 6.03. The third kappa shape index (κ3) is 4.13. The fraction of sp³-hybridized carbons (Fsp3) is 0.389. The van der Waals surface area contributed by atoms with Crippen molar-refractivity contribution in [1.29, 1.82) is 0 Å². The van der Waals surface area contributed by atoms with E-state index < -0.39 is 5.60 Å². The van der Waals surface area contributed by atoms with Crippen molar-refractivity contribution >= 4 is 0 Å². The zero-order valence-electron chi connectivity index (χ0n) is 13.0. The summed E-state index contributed by atoms with van der Waals surface area (Å²) in [6.45, 7) is 6.68. The Morgan fingerprint density at radius 1 is 1.14 bits per heavy atom. The van der Waals surface area contributed by atoms with Gasteiger partial charge in [-0.25, -0.2) is 0 Å². The summed E-state index contributed by atoms with van der Waals surface area (Å²) in [5.74, 6) is 0.417. The van der Waals surface area contributed by atoms with Crippen LogP contribution in [0.1, 0.15) is 37.9 Å². The van der Waals surface area contributed by atoms with Crippen LogP contribution in [0.4, 0.5) is 0 Å². The Bertz CT molecular complexity index is 538. The van der Waals surface area contributed by atoms with E-state index in [1.165, 1.54) is 0 Å². The molecule has 0 aliphatic carbocycles. The van der Waals surface area contributed by atoms with Crippen molar-refractivity contribution in [1.82, 2.24) is 10.3 Å². The lowest BCUT2D eigenvalue weighted by Gasteiger charge is -2.29. The highest BCUT2D eigenvalue weighted by Crippen LogP contribution is 2.24. The largest absolute Gasteiger partial charge is 0.384 e.